The van der Waals surface area contributed by atoms with Gasteiger partial charge in [0.2, 0.25) is 5.91 Å². The molecule has 1 aromatic heterocycles. The Labute approximate surface area is 175 Å². The summed E-state index contributed by atoms with van der Waals surface area (Å²) in [5, 5.41) is 0. The minimum absolute atomic E-state index is 0.00251. The number of benzene rings is 2. The first kappa shape index (κ1) is 18.8. The molecule has 0 bridgehead atoms. The van der Waals surface area contributed by atoms with Gasteiger partial charge in [0.1, 0.15) is 0 Å². The molecule has 1 saturated carbocycles. The van der Waals surface area contributed by atoms with E-state index in [1.165, 1.54) is 0 Å². The summed E-state index contributed by atoms with van der Waals surface area (Å²) >= 11 is 0. The second-order valence-corrected chi connectivity index (χ2v) is 8.38. The first-order valence-corrected chi connectivity index (χ1v) is 10.3. The second-order valence-electron chi connectivity index (χ2n) is 8.38. The fourth-order valence-electron chi connectivity index (χ4n) is 4.08. The van der Waals surface area contributed by atoms with Crippen LogP contribution in [-0.2, 0) is 11.8 Å². The molecule has 2 aromatic carbocycles. The van der Waals surface area contributed by atoms with E-state index in [1.807, 2.05) is 47.1 Å². The largest absolute Gasteiger partial charge is 0.338 e. The monoisotopic (exact) mass is 403 g/mol. The van der Waals surface area contributed by atoms with Gasteiger partial charge >= 0.3 is 0 Å². The predicted molar refractivity (Wildman–Crippen MR) is 115 cm³/mol. The van der Waals surface area contributed by atoms with Crippen LogP contribution in [0.3, 0.4) is 0 Å². The summed E-state index contributed by atoms with van der Waals surface area (Å²) in [6, 6.07) is 13.9. The maximum atomic E-state index is 12.9. The summed E-state index contributed by atoms with van der Waals surface area (Å²) in [4.78, 5) is 33.3. The first-order chi connectivity index (χ1) is 14.4. The third-order valence-corrected chi connectivity index (χ3v) is 6.26. The Balaban J connectivity index is 1.26. The van der Waals surface area contributed by atoms with Crippen molar-refractivity contribution in [2.75, 3.05) is 26.2 Å². The van der Waals surface area contributed by atoms with E-state index in [1.54, 1.807) is 4.90 Å². The van der Waals surface area contributed by atoms with Crippen molar-refractivity contribution in [2.45, 2.75) is 18.4 Å². The van der Waals surface area contributed by atoms with E-state index in [2.05, 4.69) is 23.2 Å². The molecule has 1 aliphatic carbocycles. The molecular formula is C23H25N5O2. The molecule has 2 aliphatic rings. The van der Waals surface area contributed by atoms with Crippen molar-refractivity contribution in [3.05, 3.63) is 54.4 Å². The van der Waals surface area contributed by atoms with Crippen molar-refractivity contribution >= 4 is 22.8 Å². The van der Waals surface area contributed by atoms with Gasteiger partial charge in [-0.3, -0.25) is 9.59 Å². The predicted octanol–water partition coefficient (Wildman–Crippen LogP) is 2.02. The van der Waals surface area contributed by atoms with E-state index in [9.17, 15) is 9.59 Å². The Hall–Kier alpha value is -3.19. The van der Waals surface area contributed by atoms with Gasteiger partial charge in [0.25, 0.3) is 5.91 Å². The van der Waals surface area contributed by atoms with E-state index < -0.39 is 5.54 Å². The fraction of sp³-hybridized carbons (Fsp3) is 0.348. The number of hydrogen-bond acceptors (Lipinski definition) is 4. The molecule has 0 atom stereocenters. The first-order valence-electron chi connectivity index (χ1n) is 10.3. The summed E-state index contributed by atoms with van der Waals surface area (Å²) in [5.41, 5.74) is 10.2. The Kier molecular flexibility index (Phi) is 4.36. The van der Waals surface area contributed by atoms with Crippen LogP contribution in [0.2, 0.25) is 0 Å². The van der Waals surface area contributed by atoms with Crippen molar-refractivity contribution in [2.24, 2.45) is 12.8 Å². The number of nitrogens with zero attached hydrogens (tertiary/aromatic N) is 4. The van der Waals surface area contributed by atoms with Crippen LogP contribution in [0.25, 0.3) is 22.2 Å². The molecule has 0 radical (unpaired) electrons. The molecule has 0 unspecified atom stereocenters. The third kappa shape index (κ3) is 3.25. The highest BCUT2D eigenvalue weighted by atomic mass is 16.2. The topological polar surface area (TPSA) is 84.5 Å². The highest BCUT2D eigenvalue weighted by molar-refractivity contribution is 5.95. The number of fused-ring (bicyclic) bond motifs is 1. The Morgan fingerprint density at radius 2 is 1.57 bits per heavy atom. The number of aryl methyl sites for hydroxylation is 1. The van der Waals surface area contributed by atoms with Gasteiger partial charge in [-0.25, -0.2) is 4.98 Å². The van der Waals surface area contributed by atoms with Gasteiger partial charge in [-0.15, -0.1) is 0 Å². The second kappa shape index (κ2) is 6.95. The molecule has 154 valence electrons. The van der Waals surface area contributed by atoms with E-state index >= 15 is 0 Å². The van der Waals surface area contributed by atoms with Crippen molar-refractivity contribution in [1.82, 2.24) is 19.4 Å². The number of nitrogens with two attached hydrogens (primary N) is 1. The summed E-state index contributed by atoms with van der Waals surface area (Å²) in [6.45, 7) is 2.18. The van der Waals surface area contributed by atoms with Crippen molar-refractivity contribution in [3.8, 4) is 11.1 Å². The van der Waals surface area contributed by atoms with Crippen molar-refractivity contribution in [3.63, 3.8) is 0 Å². The highest BCUT2D eigenvalue weighted by Crippen LogP contribution is 2.34. The molecular weight excluding hydrogens is 378 g/mol. The molecule has 5 rings (SSSR count). The summed E-state index contributed by atoms with van der Waals surface area (Å²) in [7, 11) is 1.98. The van der Waals surface area contributed by atoms with Crippen LogP contribution in [0.1, 0.15) is 23.2 Å². The van der Waals surface area contributed by atoms with Crippen LogP contribution in [0.5, 0.6) is 0 Å². The lowest BCUT2D eigenvalue weighted by Gasteiger charge is -2.36. The molecule has 1 aliphatic heterocycles. The van der Waals surface area contributed by atoms with Gasteiger partial charge in [0, 0.05) is 38.8 Å². The van der Waals surface area contributed by atoms with Gasteiger partial charge in [0.05, 0.1) is 22.9 Å². The molecule has 3 aromatic rings. The molecule has 2 N–H and O–H groups in total. The highest BCUT2D eigenvalue weighted by Gasteiger charge is 2.48. The van der Waals surface area contributed by atoms with Crippen LogP contribution in [0.15, 0.2) is 48.8 Å². The van der Waals surface area contributed by atoms with Crippen LogP contribution < -0.4 is 5.73 Å². The Morgan fingerprint density at radius 3 is 2.23 bits per heavy atom. The number of carbonyl (C=O) groups excluding carboxylic acids is 2. The van der Waals surface area contributed by atoms with E-state index in [0.717, 1.165) is 35.0 Å². The molecule has 2 heterocycles. The van der Waals surface area contributed by atoms with Crippen molar-refractivity contribution < 1.29 is 9.59 Å². The summed E-state index contributed by atoms with van der Waals surface area (Å²) in [5.74, 6) is 0.0338. The molecule has 2 fully saturated rings. The number of imidazole rings is 1. The summed E-state index contributed by atoms with van der Waals surface area (Å²) < 4.78 is 1.99. The average Bonchev–Trinajstić information content (AvgIpc) is 3.44. The zero-order valence-corrected chi connectivity index (χ0v) is 17.0. The zero-order chi connectivity index (χ0) is 20.9. The molecule has 0 spiro atoms. The average molecular weight is 403 g/mol. The number of carbonyl (C=O) groups is 2. The minimum Gasteiger partial charge on any atom is -0.338 e. The lowest BCUT2D eigenvalue weighted by Crippen LogP contribution is -2.55. The molecule has 30 heavy (non-hydrogen) atoms. The van der Waals surface area contributed by atoms with E-state index in [4.69, 9.17) is 5.73 Å². The van der Waals surface area contributed by atoms with Crippen LogP contribution in [-0.4, -0.2) is 62.9 Å². The molecule has 7 heteroatoms. The lowest BCUT2D eigenvalue weighted by molar-refractivity contribution is -0.135. The van der Waals surface area contributed by atoms with Crippen molar-refractivity contribution in [1.29, 1.82) is 0 Å². The maximum Gasteiger partial charge on any atom is 0.253 e. The van der Waals surface area contributed by atoms with Gasteiger partial charge in [-0.05, 0) is 48.2 Å². The fourth-order valence-corrected chi connectivity index (χ4v) is 4.08. The quantitative estimate of drug-likeness (QED) is 0.725. The van der Waals surface area contributed by atoms with Crippen LogP contribution in [0.4, 0.5) is 0 Å². The van der Waals surface area contributed by atoms with Gasteiger partial charge in [0.15, 0.2) is 0 Å². The Morgan fingerprint density at radius 1 is 0.933 bits per heavy atom. The SMILES string of the molecule is Cn1cnc2cc(-c3ccc(C(=O)N4CCN(C(=O)C5(N)CC5)CC4)cc3)ccc21. The number of piperazine rings is 1. The Bertz CT molecular complexity index is 1120. The number of amides is 2. The summed E-state index contributed by atoms with van der Waals surface area (Å²) in [6.07, 6.45) is 3.34. The smallest absolute Gasteiger partial charge is 0.253 e. The number of rotatable bonds is 3. The minimum atomic E-state index is -0.639. The van der Waals surface area contributed by atoms with Crippen LogP contribution in [0, 0.1) is 0 Å². The molecule has 2 amide bonds. The van der Waals surface area contributed by atoms with Gasteiger partial charge in [-0.1, -0.05) is 18.2 Å². The van der Waals surface area contributed by atoms with Crippen LogP contribution >= 0.6 is 0 Å². The van der Waals surface area contributed by atoms with Gasteiger partial charge in [-0.2, -0.15) is 0 Å². The van der Waals surface area contributed by atoms with Gasteiger partial charge < -0.3 is 20.1 Å². The molecule has 7 nitrogen and oxygen atoms in total. The normalized spacial score (nSPS) is 17.9. The van der Waals surface area contributed by atoms with E-state index in [-0.39, 0.29) is 11.8 Å². The number of aromatic nitrogens is 2. The maximum absolute atomic E-state index is 12.9. The lowest BCUT2D eigenvalue weighted by atomic mass is 10.0. The standard InChI is InChI=1S/C23H25N5O2/c1-26-15-25-19-14-18(6-7-20(19)26)16-2-4-17(5-3-16)21(29)27-10-12-28(13-11-27)22(30)23(24)8-9-23/h2-7,14-15H,8-13,24H2,1H3. The van der Waals surface area contributed by atoms with E-state index in [0.29, 0.717) is 31.7 Å². The molecule has 1 saturated heterocycles. The number of hydrogen-bond donors (Lipinski definition) is 1. The zero-order valence-electron chi connectivity index (χ0n) is 17.0. The third-order valence-electron chi connectivity index (χ3n) is 6.26.